The molecule has 1 aromatic heterocycles. The van der Waals surface area contributed by atoms with Gasteiger partial charge in [0.25, 0.3) is 5.69 Å². The van der Waals surface area contributed by atoms with Gasteiger partial charge in [-0.3, -0.25) is 10.1 Å². The molecule has 0 unspecified atom stereocenters. The number of hydrogen-bond donors (Lipinski definition) is 0. The minimum Gasteiger partial charge on any atom is -0.497 e. The van der Waals surface area contributed by atoms with Crippen molar-refractivity contribution in [3.05, 3.63) is 94.5 Å². The summed E-state index contributed by atoms with van der Waals surface area (Å²) in [6.45, 7) is 0. The second kappa shape index (κ2) is 8.67. The molecule has 7 heteroatoms. The van der Waals surface area contributed by atoms with Crippen LogP contribution >= 0.6 is 11.3 Å². The monoisotopic (exact) mass is 415 g/mol. The molecule has 0 amide bonds. The van der Waals surface area contributed by atoms with Crippen LogP contribution in [0.15, 0.2) is 83.9 Å². The van der Waals surface area contributed by atoms with Gasteiger partial charge in [0, 0.05) is 23.9 Å². The maximum Gasteiger partial charge on any atom is 0.270 e. The number of ether oxygens (including phenoxy) is 1. The Labute approximate surface area is 177 Å². The number of hydrogen-bond acceptors (Lipinski definition) is 6. The van der Waals surface area contributed by atoms with E-state index in [1.807, 2.05) is 54.6 Å². The molecule has 0 atom stereocenters. The third-order valence-corrected chi connectivity index (χ3v) is 5.43. The van der Waals surface area contributed by atoms with Gasteiger partial charge in [-0.1, -0.05) is 53.8 Å². The van der Waals surface area contributed by atoms with E-state index in [0.29, 0.717) is 10.7 Å². The number of thiazole rings is 1. The molecule has 6 nitrogen and oxygen atoms in total. The van der Waals surface area contributed by atoms with Gasteiger partial charge >= 0.3 is 0 Å². The van der Waals surface area contributed by atoms with Crippen LogP contribution in [-0.2, 0) is 0 Å². The SMILES string of the molecule is COc1ccc(-c2nc(N=Cc3cccc([N+](=O)[O-])c3)sc2-c2ccccc2)cc1. The molecule has 30 heavy (non-hydrogen) atoms. The molecule has 0 aliphatic carbocycles. The average Bonchev–Trinajstić information content (AvgIpc) is 3.23. The van der Waals surface area contributed by atoms with Gasteiger partial charge in [0.1, 0.15) is 5.75 Å². The summed E-state index contributed by atoms with van der Waals surface area (Å²) in [6.07, 6.45) is 1.60. The summed E-state index contributed by atoms with van der Waals surface area (Å²) in [7, 11) is 1.63. The fourth-order valence-electron chi connectivity index (χ4n) is 2.94. The van der Waals surface area contributed by atoms with Gasteiger partial charge in [-0.05, 0) is 35.4 Å². The van der Waals surface area contributed by atoms with Gasteiger partial charge < -0.3 is 4.74 Å². The number of benzene rings is 3. The molecule has 0 radical (unpaired) electrons. The van der Waals surface area contributed by atoms with Crippen LogP contribution in [0.3, 0.4) is 0 Å². The van der Waals surface area contributed by atoms with E-state index in [9.17, 15) is 10.1 Å². The third kappa shape index (κ3) is 4.26. The number of nitrogens with zero attached hydrogens (tertiary/aromatic N) is 3. The Morgan fingerprint density at radius 1 is 1.00 bits per heavy atom. The summed E-state index contributed by atoms with van der Waals surface area (Å²) in [5.41, 5.74) is 3.52. The van der Waals surface area contributed by atoms with Crippen LogP contribution in [0.4, 0.5) is 10.8 Å². The van der Waals surface area contributed by atoms with Crippen LogP contribution in [0, 0.1) is 10.1 Å². The molecule has 0 N–H and O–H groups in total. The van der Waals surface area contributed by atoms with E-state index >= 15 is 0 Å². The van der Waals surface area contributed by atoms with Crippen LogP contribution in [0.25, 0.3) is 21.7 Å². The minimum absolute atomic E-state index is 0.0296. The molecular formula is C23H17N3O3S. The van der Waals surface area contributed by atoms with Crippen molar-refractivity contribution in [1.29, 1.82) is 0 Å². The lowest BCUT2D eigenvalue weighted by Gasteiger charge is -2.04. The molecule has 0 fully saturated rings. The lowest BCUT2D eigenvalue weighted by molar-refractivity contribution is -0.384. The molecule has 3 aromatic carbocycles. The van der Waals surface area contributed by atoms with E-state index < -0.39 is 4.92 Å². The van der Waals surface area contributed by atoms with E-state index in [2.05, 4.69) is 4.99 Å². The fourth-order valence-corrected chi connectivity index (χ4v) is 3.88. The van der Waals surface area contributed by atoms with Crippen LogP contribution in [0.2, 0.25) is 0 Å². The number of aromatic nitrogens is 1. The molecule has 0 saturated carbocycles. The highest BCUT2D eigenvalue weighted by Crippen LogP contribution is 2.40. The first-order valence-electron chi connectivity index (χ1n) is 9.13. The Balaban J connectivity index is 1.73. The minimum atomic E-state index is -0.421. The largest absolute Gasteiger partial charge is 0.497 e. The van der Waals surface area contributed by atoms with E-state index in [-0.39, 0.29) is 5.69 Å². The van der Waals surface area contributed by atoms with Crippen LogP contribution in [-0.4, -0.2) is 23.2 Å². The van der Waals surface area contributed by atoms with Crippen molar-refractivity contribution in [2.24, 2.45) is 4.99 Å². The van der Waals surface area contributed by atoms with Crippen molar-refractivity contribution >= 4 is 28.4 Å². The smallest absolute Gasteiger partial charge is 0.270 e. The summed E-state index contributed by atoms with van der Waals surface area (Å²) in [4.78, 5) is 20.8. The first-order valence-corrected chi connectivity index (χ1v) is 9.95. The van der Waals surface area contributed by atoms with Crippen molar-refractivity contribution in [1.82, 2.24) is 4.98 Å². The number of nitro groups is 1. The molecular weight excluding hydrogens is 398 g/mol. The number of aliphatic imine (C=N–C) groups is 1. The third-order valence-electron chi connectivity index (χ3n) is 4.42. The van der Waals surface area contributed by atoms with Crippen molar-refractivity contribution in [2.45, 2.75) is 0 Å². The quantitative estimate of drug-likeness (QED) is 0.215. The van der Waals surface area contributed by atoms with Gasteiger partial charge in [0.05, 0.1) is 22.6 Å². The molecule has 0 bridgehead atoms. The Kier molecular flexibility index (Phi) is 5.63. The fraction of sp³-hybridized carbons (Fsp3) is 0.0435. The van der Waals surface area contributed by atoms with Crippen LogP contribution < -0.4 is 4.74 Å². The predicted octanol–water partition coefficient (Wildman–Crippen LogP) is 6.14. The lowest BCUT2D eigenvalue weighted by Crippen LogP contribution is -1.89. The Morgan fingerprint density at radius 3 is 2.47 bits per heavy atom. The second-order valence-electron chi connectivity index (χ2n) is 6.38. The number of rotatable bonds is 6. The van der Waals surface area contributed by atoms with E-state index in [0.717, 1.165) is 27.4 Å². The Morgan fingerprint density at radius 2 is 1.77 bits per heavy atom. The van der Waals surface area contributed by atoms with Crippen molar-refractivity contribution in [2.75, 3.05) is 7.11 Å². The highest BCUT2D eigenvalue weighted by molar-refractivity contribution is 7.19. The summed E-state index contributed by atoms with van der Waals surface area (Å²) in [5, 5.41) is 11.6. The number of nitro benzene ring substituents is 1. The van der Waals surface area contributed by atoms with Crippen molar-refractivity contribution in [3.8, 4) is 27.4 Å². The zero-order valence-electron chi connectivity index (χ0n) is 16.1. The van der Waals surface area contributed by atoms with Gasteiger partial charge in [-0.15, -0.1) is 0 Å². The molecule has 4 rings (SSSR count). The van der Waals surface area contributed by atoms with Gasteiger partial charge in [0.2, 0.25) is 5.13 Å². The molecule has 0 aliphatic heterocycles. The summed E-state index contributed by atoms with van der Waals surface area (Å²) < 4.78 is 5.25. The predicted molar refractivity (Wildman–Crippen MR) is 120 cm³/mol. The molecule has 148 valence electrons. The highest BCUT2D eigenvalue weighted by Gasteiger charge is 2.15. The standard InChI is InChI=1S/C23H17N3O3S/c1-29-20-12-10-17(11-13-20)21-22(18-7-3-2-4-8-18)30-23(25-21)24-15-16-6-5-9-19(14-16)26(27)28/h2-15H,1H3. The van der Waals surface area contributed by atoms with Gasteiger partial charge in [0.15, 0.2) is 0 Å². The molecule has 1 heterocycles. The molecule has 0 saturated heterocycles. The maximum absolute atomic E-state index is 11.0. The van der Waals surface area contributed by atoms with E-state index in [1.165, 1.54) is 23.5 Å². The maximum atomic E-state index is 11.0. The number of methoxy groups -OCH3 is 1. The topological polar surface area (TPSA) is 77.6 Å². The second-order valence-corrected chi connectivity index (χ2v) is 7.36. The number of non-ortho nitro benzene ring substituents is 1. The zero-order valence-corrected chi connectivity index (χ0v) is 16.9. The van der Waals surface area contributed by atoms with Crippen LogP contribution in [0.1, 0.15) is 5.56 Å². The summed E-state index contributed by atoms with van der Waals surface area (Å²) in [5.74, 6) is 0.777. The van der Waals surface area contributed by atoms with E-state index in [4.69, 9.17) is 9.72 Å². The highest BCUT2D eigenvalue weighted by atomic mass is 32.1. The Hall–Kier alpha value is -3.84. The van der Waals surface area contributed by atoms with Gasteiger partial charge in [-0.2, -0.15) is 0 Å². The summed E-state index contributed by atoms with van der Waals surface area (Å²) in [6, 6.07) is 24.1. The van der Waals surface area contributed by atoms with Crippen molar-refractivity contribution in [3.63, 3.8) is 0 Å². The van der Waals surface area contributed by atoms with Crippen molar-refractivity contribution < 1.29 is 9.66 Å². The zero-order chi connectivity index (χ0) is 20.9. The first-order chi connectivity index (χ1) is 14.6. The normalized spacial score (nSPS) is 11.0. The molecule has 0 spiro atoms. The van der Waals surface area contributed by atoms with Crippen LogP contribution in [0.5, 0.6) is 5.75 Å². The lowest BCUT2D eigenvalue weighted by atomic mass is 10.1. The van der Waals surface area contributed by atoms with Gasteiger partial charge in [-0.25, -0.2) is 9.98 Å². The average molecular weight is 415 g/mol. The molecule has 0 aliphatic rings. The first kappa shape index (κ1) is 19.5. The van der Waals surface area contributed by atoms with E-state index in [1.54, 1.807) is 25.5 Å². The summed E-state index contributed by atoms with van der Waals surface area (Å²) >= 11 is 1.47. The Bertz CT molecular complexity index is 1200. The molecule has 4 aromatic rings.